The number of hydrogen-bond acceptors (Lipinski definition) is 12. The minimum Gasteiger partial charge on any atom is -0.488 e. The number of ether oxygens (including phenoxy) is 2. The number of fused-ring (bicyclic) bond motifs is 1. The maximum Gasteiger partial charge on any atom is 0.262 e. The van der Waals surface area contributed by atoms with Crippen LogP contribution in [0, 0.1) is 17.5 Å². The number of aromatic nitrogens is 1. The number of nitrogens with zero attached hydrogens (tertiary/aromatic N) is 5. The molecule has 1 atom stereocenters. The van der Waals surface area contributed by atoms with Gasteiger partial charge < -0.3 is 29.5 Å². The van der Waals surface area contributed by atoms with Crippen LogP contribution in [0.1, 0.15) is 91.3 Å². The van der Waals surface area contributed by atoms with E-state index in [4.69, 9.17) is 9.47 Å². The highest BCUT2D eigenvalue weighted by atomic mass is 32.1. The Morgan fingerprint density at radius 3 is 2.23 bits per heavy atom. The monoisotopic (exact) mass is 867 g/mol. The molecule has 4 aliphatic heterocycles. The SMILES string of the molecule is O=C1CCC(N2C(=O)c3cc(F)c(N4CCN(C(=O)CCCCCCCCCCNCCOc5c(-c6csc(N7CCOCC7)n6)ccc(F)c5F)CC4)cc3C2=O)C(=O)N1. The van der Waals surface area contributed by atoms with Gasteiger partial charge in [-0.15, -0.1) is 11.3 Å². The molecule has 2 aromatic carbocycles. The molecule has 61 heavy (non-hydrogen) atoms. The van der Waals surface area contributed by atoms with Crippen molar-refractivity contribution in [3.8, 4) is 17.0 Å². The summed E-state index contributed by atoms with van der Waals surface area (Å²) in [5.41, 5.74) is 1.05. The van der Waals surface area contributed by atoms with Gasteiger partial charge in [-0.25, -0.2) is 13.8 Å². The molecule has 3 saturated heterocycles. The van der Waals surface area contributed by atoms with E-state index in [2.05, 4.69) is 20.5 Å². The van der Waals surface area contributed by atoms with Gasteiger partial charge in [0.25, 0.3) is 11.8 Å². The summed E-state index contributed by atoms with van der Waals surface area (Å²) in [6.07, 6.45) is 8.63. The van der Waals surface area contributed by atoms with Gasteiger partial charge in [0.05, 0.1) is 35.7 Å². The summed E-state index contributed by atoms with van der Waals surface area (Å²) >= 11 is 1.46. The maximum absolute atomic E-state index is 15.3. The third-order valence-corrected chi connectivity index (χ3v) is 12.5. The molecular weight excluding hydrogens is 816 g/mol. The zero-order valence-corrected chi connectivity index (χ0v) is 35.0. The first-order chi connectivity index (χ1) is 29.6. The molecule has 0 bridgehead atoms. The number of carbonyl (C=O) groups is 5. The molecule has 7 rings (SSSR count). The number of thiazole rings is 1. The lowest BCUT2D eigenvalue weighted by atomic mass is 10.0. The minimum absolute atomic E-state index is 0.00483. The van der Waals surface area contributed by atoms with Crippen LogP contribution < -0.4 is 25.2 Å². The molecule has 1 unspecified atom stereocenters. The van der Waals surface area contributed by atoms with E-state index in [1.54, 1.807) is 9.80 Å². The lowest BCUT2D eigenvalue weighted by molar-refractivity contribution is -0.136. The van der Waals surface area contributed by atoms with Gasteiger partial charge in [0.15, 0.2) is 16.7 Å². The number of nitrogens with one attached hydrogen (secondary N) is 2. The Morgan fingerprint density at radius 1 is 0.820 bits per heavy atom. The fraction of sp³-hybridized carbons (Fsp3) is 0.535. The summed E-state index contributed by atoms with van der Waals surface area (Å²) in [4.78, 5) is 74.3. The van der Waals surface area contributed by atoms with Gasteiger partial charge in [-0.2, -0.15) is 4.39 Å². The Kier molecular flexibility index (Phi) is 14.9. The molecule has 14 nitrogen and oxygen atoms in total. The number of piperazine rings is 1. The number of halogens is 3. The van der Waals surface area contributed by atoms with E-state index in [0.29, 0.717) is 63.6 Å². The number of benzene rings is 2. The van der Waals surface area contributed by atoms with Crippen LogP contribution in [-0.2, 0) is 19.1 Å². The Bertz CT molecular complexity index is 2090. The second-order valence-corrected chi connectivity index (χ2v) is 16.5. The van der Waals surface area contributed by atoms with Crippen LogP contribution in [0.15, 0.2) is 29.6 Å². The van der Waals surface area contributed by atoms with Crippen molar-refractivity contribution in [2.75, 3.05) is 82.0 Å². The lowest BCUT2D eigenvalue weighted by Crippen LogP contribution is -2.54. The van der Waals surface area contributed by atoms with E-state index < -0.39 is 47.1 Å². The Hall–Kier alpha value is -5.07. The molecule has 0 spiro atoms. The number of hydrogen-bond donors (Lipinski definition) is 2. The van der Waals surface area contributed by atoms with Crippen molar-refractivity contribution in [1.29, 1.82) is 0 Å². The van der Waals surface area contributed by atoms with Crippen LogP contribution in [0.5, 0.6) is 5.75 Å². The van der Waals surface area contributed by atoms with Gasteiger partial charge in [-0.05, 0) is 50.1 Å². The van der Waals surface area contributed by atoms with Crippen LogP contribution in [0.4, 0.5) is 24.0 Å². The summed E-state index contributed by atoms with van der Waals surface area (Å²) < 4.78 is 55.4. The Balaban J connectivity index is 0.726. The van der Waals surface area contributed by atoms with Crippen molar-refractivity contribution >= 4 is 51.7 Å². The van der Waals surface area contributed by atoms with E-state index in [1.807, 2.05) is 5.38 Å². The smallest absolute Gasteiger partial charge is 0.262 e. The van der Waals surface area contributed by atoms with Crippen molar-refractivity contribution in [3.63, 3.8) is 0 Å². The third-order valence-electron chi connectivity index (χ3n) is 11.6. The van der Waals surface area contributed by atoms with E-state index in [1.165, 1.54) is 23.5 Å². The third kappa shape index (κ3) is 10.5. The molecule has 1 aromatic heterocycles. The topological polar surface area (TPSA) is 154 Å². The standard InChI is InChI=1S/C43H52F3N7O7S/c44-31-11-10-28(33-27-61-43(48-33)52-20-23-59-24-21-52)39(38(31)46)60-22-15-47-14-8-6-4-2-1-3-5-7-9-37(55)51-18-16-50(17-19-51)35-26-30-29(25-32(35)45)41(57)53(42(30)58)34-12-13-36(54)49-40(34)56/h10-11,25-27,34,47H,1-9,12-24H2,(H,49,54,56). The average Bonchev–Trinajstić information content (AvgIpc) is 3.84. The average molecular weight is 868 g/mol. The van der Waals surface area contributed by atoms with Gasteiger partial charge in [0.1, 0.15) is 18.5 Å². The van der Waals surface area contributed by atoms with Gasteiger partial charge in [-0.1, -0.05) is 38.5 Å². The molecule has 18 heteroatoms. The summed E-state index contributed by atoms with van der Waals surface area (Å²) in [5, 5.41) is 8.12. The number of piperidine rings is 1. The van der Waals surface area contributed by atoms with Crippen molar-refractivity contribution in [2.45, 2.75) is 76.7 Å². The molecular formula is C43H52F3N7O7S. The van der Waals surface area contributed by atoms with E-state index in [0.717, 1.165) is 93.2 Å². The van der Waals surface area contributed by atoms with Crippen LogP contribution in [0.25, 0.3) is 11.3 Å². The molecule has 0 radical (unpaired) electrons. The van der Waals surface area contributed by atoms with Crippen molar-refractivity contribution in [3.05, 3.63) is 58.2 Å². The summed E-state index contributed by atoms with van der Waals surface area (Å²) in [6, 6.07) is 3.87. The summed E-state index contributed by atoms with van der Waals surface area (Å²) in [6.45, 7) is 5.73. The second kappa shape index (κ2) is 20.7. The Labute approximate surface area is 356 Å². The molecule has 2 N–H and O–H groups in total. The highest BCUT2D eigenvalue weighted by Crippen LogP contribution is 2.37. The number of unbranched alkanes of at least 4 members (excludes halogenated alkanes) is 7. The molecule has 3 aromatic rings. The Morgan fingerprint density at radius 2 is 1.51 bits per heavy atom. The highest BCUT2D eigenvalue weighted by molar-refractivity contribution is 7.14. The first-order valence-corrected chi connectivity index (χ1v) is 22.2. The van der Waals surface area contributed by atoms with Crippen LogP contribution in [-0.4, -0.2) is 123 Å². The molecule has 0 aliphatic carbocycles. The zero-order valence-electron chi connectivity index (χ0n) is 34.2. The number of rotatable bonds is 19. The van der Waals surface area contributed by atoms with E-state index in [-0.39, 0.29) is 47.9 Å². The predicted molar refractivity (Wildman–Crippen MR) is 222 cm³/mol. The summed E-state index contributed by atoms with van der Waals surface area (Å²) in [5.74, 6) is -5.35. The normalized spacial score (nSPS) is 18.2. The second-order valence-electron chi connectivity index (χ2n) is 15.7. The first kappa shape index (κ1) is 44.0. The van der Waals surface area contributed by atoms with Gasteiger partial charge in [0.2, 0.25) is 23.5 Å². The molecule has 3 fully saturated rings. The first-order valence-electron chi connectivity index (χ1n) is 21.3. The number of imide groups is 2. The fourth-order valence-corrected chi connectivity index (χ4v) is 9.06. The minimum atomic E-state index is -1.13. The van der Waals surface area contributed by atoms with Gasteiger partial charge in [0, 0.05) is 69.6 Å². The highest BCUT2D eigenvalue weighted by Gasteiger charge is 2.45. The van der Waals surface area contributed by atoms with Crippen LogP contribution >= 0.6 is 11.3 Å². The largest absolute Gasteiger partial charge is 0.488 e. The lowest BCUT2D eigenvalue weighted by Gasteiger charge is -2.36. The molecule has 5 heterocycles. The number of amides is 5. The molecule has 5 amide bonds. The van der Waals surface area contributed by atoms with E-state index >= 15 is 4.39 Å². The molecule has 328 valence electrons. The maximum atomic E-state index is 15.3. The molecule has 0 saturated carbocycles. The van der Waals surface area contributed by atoms with Crippen LogP contribution in [0.3, 0.4) is 0 Å². The van der Waals surface area contributed by atoms with Gasteiger partial charge in [-0.3, -0.25) is 34.2 Å². The predicted octanol–water partition coefficient (Wildman–Crippen LogP) is 5.29. The van der Waals surface area contributed by atoms with Crippen molar-refractivity contribution < 1.29 is 46.6 Å². The van der Waals surface area contributed by atoms with Crippen molar-refractivity contribution in [2.24, 2.45) is 0 Å². The fourth-order valence-electron chi connectivity index (χ4n) is 8.18. The summed E-state index contributed by atoms with van der Waals surface area (Å²) in [7, 11) is 0. The number of morpholine rings is 1. The zero-order chi connectivity index (χ0) is 42.9. The number of anilines is 2. The van der Waals surface area contributed by atoms with Gasteiger partial charge >= 0.3 is 0 Å². The quantitative estimate of drug-likeness (QED) is 0.119. The van der Waals surface area contributed by atoms with Crippen LogP contribution in [0.2, 0.25) is 0 Å². The van der Waals surface area contributed by atoms with E-state index in [9.17, 15) is 32.8 Å². The molecule has 4 aliphatic rings. The van der Waals surface area contributed by atoms with Crippen molar-refractivity contribution in [1.82, 2.24) is 25.4 Å². The number of carbonyl (C=O) groups excluding carboxylic acids is 5.